The number of carboxylic acid groups (broad SMARTS) is 1. The molecule has 0 radical (unpaired) electrons. The predicted octanol–water partition coefficient (Wildman–Crippen LogP) is 3.38. The van der Waals surface area contributed by atoms with Gasteiger partial charge in [0.15, 0.2) is 0 Å². The number of carbonyl (C=O) groups is 1. The lowest BCUT2D eigenvalue weighted by molar-refractivity contribution is 0.0692. The quantitative estimate of drug-likeness (QED) is 0.935. The number of aromatic carboxylic acids is 1. The predicted molar refractivity (Wildman–Crippen MR) is 64.0 cm³/mol. The van der Waals surface area contributed by atoms with Crippen LogP contribution in [0.15, 0.2) is 36.4 Å². The van der Waals surface area contributed by atoms with E-state index >= 15 is 0 Å². The van der Waals surface area contributed by atoms with Gasteiger partial charge in [-0.2, -0.15) is 0 Å². The van der Waals surface area contributed by atoms with Crippen LogP contribution in [0.3, 0.4) is 0 Å². The van der Waals surface area contributed by atoms with Crippen molar-refractivity contribution in [1.29, 1.82) is 0 Å². The highest BCUT2D eigenvalue weighted by Crippen LogP contribution is 2.20. The Hall–Kier alpha value is -2.50. The Labute approximate surface area is 112 Å². The van der Waals surface area contributed by atoms with Crippen molar-refractivity contribution in [2.45, 2.75) is 6.61 Å². The molecule has 0 saturated carbocycles. The van der Waals surface area contributed by atoms with E-state index in [0.717, 1.165) is 24.3 Å². The molecule has 0 aliphatic heterocycles. The highest BCUT2D eigenvalue weighted by atomic mass is 19.1. The van der Waals surface area contributed by atoms with Gasteiger partial charge in [0.1, 0.15) is 29.8 Å². The molecule has 20 heavy (non-hydrogen) atoms. The van der Waals surface area contributed by atoms with Gasteiger partial charge in [0, 0.05) is 6.07 Å². The van der Waals surface area contributed by atoms with Gasteiger partial charge < -0.3 is 9.84 Å². The van der Waals surface area contributed by atoms with Crippen molar-refractivity contribution in [3.63, 3.8) is 0 Å². The van der Waals surface area contributed by atoms with Crippen LogP contribution in [0, 0.1) is 17.5 Å². The molecule has 2 aromatic rings. The van der Waals surface area contributed by atoms with Crippen molar-refractivity contribution < 1.29 is 27.8 Å². The lowest BCUT2D eigenvalue weighted by Gasteiger charge is -2.08. The first-order chi connectivity index (χ1) is 9.49. The second-order valence-electron chi connectivity index (χ2n) is 3.94. The topological polar surface area (TPSA) is 46.5 Å². The third-order valence-electron chi connectivity index (χ3n) is 2.62. The summed E-state index contributed by atoms with van der Waals surface area (Å²) in [5.41, 5.74) is -0.787. The zero-order chi connectivity index (χ0) is 14.7. The summed E-state index contributed by atoms with van der Waals surface area (Å²) in [5, 5.41) is 8.66. The standard InChI is InChI=1S/C14H9F3O3/c15-11-2-1-3-12(16)10(11)7-20-8-4-5-9(14(18)19)13(17)6-8/h1-6H,7H2,(H,18,19). The molecule has 104 valence electrons. The SMILES string of the molecule is O=C(O)c1ccc(OCc2c(F)cccc2F)cc1F. The van der Waals surface area contributed by atoms with Crippen LogP contribution in [0.2, 0.25) is 0 Å². The molecular formula is C14H9F3O3. The summed E-state index contributed by atoms with van der Waals surface area (Å²) in [6.07, 6.45) is 0. The van der Waals surface area contributed by atoms with Crippen LogP contribution in [0.4, 0.5) is 13.2 Å². The van der Waals surface area contributed by atoms with Gasteiger partial charge in [0.05, 0.1) is 11.1 Å². The maximum absolute atomic E-state index is 13.4. The van der Waals surface area contributed by atoms with Crippen LogP contribution < -0.4 is 4.74 Å². The van der Waals surface area contributed by atoms with Gasteiger partial charge in [0.2, 0.25) is 0 Å². The van der Waals surface area contributed by atoms with Crippen LogP contribution in [0.25, 0.3) is 0 Å². The van der Waals surface area contributed by atoms with Gasteiger partial charge in [0.25, 0.3) is 0 Å². The average Bonchev–Trinajstić information content (AvgIpc) is 2.37. The van der Waals surface area contributed by atoms with Crippen molar-refractivity contribution in [1.82, 2.24) is 0 Å². The number of hydrogen-bond acceptors (Lipinski definition) is 2. The van der Waals surface area contributed by atoms with Crippen molar-refractivity contribution in [3.8, 4) is 5.75 Å². The molecule has 0 saturated heterocycles. The molecule has 0 atom stereocenters. The van der Waals surface area contributed by atoms with E-state index in [0.29, 0.717) is 0 Å². The van der Waals surface area contributed by atoms with Crippen molar-refractivity contribution in [3.05, 3.63) is 65.0 Å². The van der Waals surface area contributed by atoms with E-state index in [1.165, 1.54) is 12.1 Å². The summed E-state index contributed by atoms with van der Waals surface area (Å²) in [5.74, 6) is -3.95. The minimum atomic E-state index is -1.41. The zero-order valence-corrected chi connectivity index (χ0v) is 10.1. The summed E-state index contributed by atoms with van der Waals surface area (Å²) in [6, 6.07) is 6.46. The Morgan fingerprint density at radius 3 is 2.25 bits per heavy atom. The maximum Gasteiger partial charge on any atom is 0.338 e. The Kier molecular flexibility index (Phi) is 3.93. The Bertz CT molecular complexity index is 636. The fourth-order valence-electron chi connectivity index (χ4n) is 1.58. The lowest BCUT2D eigenvalue weighted by atomic mass is 10.2. The van der Waals surface area contributed by atoms with Crippen molar-refractivity contribution in [2.24, 2.45) is 0 Å². The molecule has 1 N–H and O–H groups in total. The molecule has 2 aromatic carbocycles. The summed E-state index contributed by atoms with van der Waals surface area (Å²) in [7, 11) is 0. The Morgan fingerprint density at radius 1 is 1.05 bits per heavy atom. The van der Waals surface area contributed by atoms with Gasteiger partial charge >= 0.3 is 5.97 Å². The fourth-order valence-corrected chi connectivity index (χ4v) is 1.58. The maximum atomic E-state index is 13.4. The van der Waals surface area contributed by atoms with E-state index in [-0.39, 0.29) is 11.3 Å². The third-order valence-corrected chi connectivity index (χ3v) is 2.62. The molecule has 0 unspecified atom stereocenters. The van der Waals surface area contributed by atoms with Gasteiger partial charge in [-0.05, 0) is 24.3 Å². The van der Waals surface area contributed by atoms with E-state index in [4.69, 9.17) is 9.84 Å². The highest BCUT2D eigenvalue weighted by Gasteiger charge is 2.12. The van der Waals surface area contributed by atoms with E-state index in [1.54, 1.807) is 0 Å². The molecule has 0 aliphatic carbocycles. The third kappa shape index (κ3) is 2.90. The second-order valence-corrected chi connectivity index (χ2v) is 3.94. The molecule has 0 fully saturated rings. The fraction of sp³-hybridized carbons (Fsp3) is 0.0714. The second kappa shape index (κ2) is 5.64. The molecule has 2 rings (SSSR count). The molecule has 6 heteroatoms. The Balaban J connectivity index is 2.16. The lowest BCUT2D eigenvalue weighted by Crippen LogP contribution is -2.04. The van der Waals surface area contributed by atoms with E-state index in [1.807, 2.05) is 0 Å². The number of ether oxygens (including phenoxy) is 1. The molecule has 0 heterocycles. The normalized spacial score (nSPS) is 10.3. The highest BCUT2D eigenvalue weighted by molar-refractivity contribution is 5.88. The largest absolute Gasteiger partial charge is 0.489 e. The van der Waals surface area contributed by atoms with Crippen LogP contribution in [-0.2, 0) is 6.61 Å². The number of benzene rings is 2. The first-order valence-electron chi connectivity index (χ1n) is 5.57. The van der Waals surface area contributed by atoms with Gasteiger partial charge in [-0.25, -0.2) is 18.0 Å². The zero-order valence-electron chi connectivity index (χ0n) is 10.1. The molecule has 0 aliphatic rings. The number of rotatable bonds is 4. The van der Waals surface area contributed by atoms with Gasteiger partial charge in [-0.3, -0.25) is 0 Å². The first-order valence-corrected chi connectivity index (χ1v) is 5.57. The van der Waals surface area contributed by atoms with Crippen molar-refractivity contribution >= 4 is 5.97 Å². The number of carboxylic acids is 1. The van der Waals surface area contributed by atoms with E-state index < -0.39 is 35.6 Å². The monoisotopic (exact) mass is 282 g/mol. The molecule has 0 bridgehead atoms. The molecule has 3 nitrogen and oxygen atoms in total. The molecule has 0 amide bonds. The van der Waals surface area contributed by atoms with E-state index in [2.05, 4.69) is 0 Å². The van der Waals surface area contributed by atoms with E-state index in [9.17, 15) is 18.0 Å². The first kappa shape index (κ1) is 13.9. The summed E-state index contributed by atoms with van der Waals surface area (Å²) < 4.78 is 45.1. The molecule has 0 spiro atoms. The molecular weight excluding hydrogens is 273 g/mol. The minimum absolute atomic E-state index is 0.0184. The number of halogens is 3. The Morgan fingerprint density at radius 2 is 1.70 bits per heavy atom. The van der Waals surface area contributed by atoms with Gasteiger partial charge in [-0.1, -0.05) is 6.07 Å². The molecule has 0 aromatic heterocycles. The summed E-state index contributed by atoms with van der Waals surface area (Å²) in [6.45, 7) is -0.426. The minimum Gasteiger partial charge on any atom is -0.489 e. The number of hydrogen-bond donors (Lipinski definition) is 1. The van der Waals surface area contributed by atoms with Gasteiger partial charge in [-0.15, -0.1) is 0 Å². The van der Waals surface area contributed by atoms with Crippen LogP contribution >= 0.6 is 0 Å². The summed E-state index contributed by atoms with van der Waals surface area (Å²) >= 11 is 0. The summed E-state index contributed by atoms with van der Waals surface area (Å²) in [4.78, 5) is 10.6. The smallest absolute Gasteiger partial charge is 0.338 e. The van der Waals surface area contributed by atoms with Crippen LogP contribution in [-0.4, -0.2) is 11.1 Å². The van der Waals surface area contributed by atoms with Crippen molar-refractivity contribution in [2.75, 3.05) is 0 Å². The van der Waals surface area contributed by atoms with Crippen LogP contribution in [0.5, 0.6) is 5.75 Å². The van der Waals surface area contributed by atoms with Crippen LogP contribution in [0.1, 0.15) is 15.9 Å². The average molecular weight is 282 g/mol.